The number of esters is 1. The fourth-order valence-corrected chi connectivity index (χ4v) is 1.93. The minimum absolute atomic E-state index is 0.131. The molecule has 19 heavy (non-hydrogen) atoms. The van der Waals surface area contributed by atoms with Crippen molar-refractivity contribution in [3.8, 4) is 0 Å². The molecular weight excluding hydrogens is 248 g/mol. The highest BCUT2D eigenvalue weighted by Crippen LogP contribution is 2.26. The highest BCUT2D eigenvalue weighted by atomic mass is 16.5. The van der Waals surface area contributed by atoms with Crippen LogP contribution in [-0.2, 0) is 14.3 Å². The molecule has 0 saturated heterocycles. The molecule has 0 saturated carbocycles. The van der Waals surface area contributed by atoms with E-state index in [-0.39, 0.29) is 12.5 Å². The number of carbonyl (C=O) groups excluding carboxylic acids is 2. The Labute approximate surface area is 110 Å². The van der Waals surface area contributed by atoms with Gasteiger partial charge in [0.05, 0.1) is 12.8 Å². The standard InChI is InChI=1S/C12H16N4O3/c1-13-8-6-15-11-9(4-3-5-14-11)16(12(8)18)7-10(17)19-2/h3-5,8,13H,6-7H2,1-2H3,(H,14,15)/t8-/m0/s1. The first-order chi connectivity index (χ1) is 9.17. The van der Waals surface area contributed by atoms with Crippen molar-refractivity contribution in [3.05, 3.63) is 18.3 Å². The van der Waals surface area contributed by atoms with Crippen LogP contribution in [-0.4, -0.2) is 50.1 Å². The van der Waals surface area contributed by atoms with E-state index in [2.05, 4.69) is 20.4 Å². The van der Waals surface area contributed by atoms with Crippen LogP contribution in [0.3, 0.4) is 0 Å². The molecular formula is C12H16N4O3. The molecule has 0 aromatic carbocycles. The number of rotatable bonds is 3. The first-order valence-corrected chi connectivity index (χ1v) is 5.91. The smallest absolute Gasteiger partial charge is 0.325 e. The lowest BCUT2D eigenvalue weighted by atomic mass is 10.2. The maximum Gasteiger partial charge on any atom is 0.325 e. The SMILES string of the molecule is CN[C@H]1CNc2ncccc2N(CC(=O)OC)C1=O. The zero-order valence-corrected chi connectivity index (χ0v) is 10.8. The maximum absolute atomic E-state index is 12.4. The first-order valence-electron chi connectivity index (χ1n) is 5.91. The second kappa shape index (κ2) is 5.66. The topological polar surface area (TPSA) is 83.6 Å². The number of aromatic nitrogens is 1. The Balaban J connectivity index is 2.38. The molecule has 0 radical (unpaired) electrons. The summed E-state index contributed by atoms with van der Waals surface area (Å²) in [6.45, 7) is 0.283. The largest absolute Gasteiger partial charge is 0.468 e. The van der Waals surface area contributed by atoms with Gasteiger partial charge in [-0.05, 0) is 19.2 Å². The van der Waals surface area contributed by atoms with E-state index in [1.54, 1.807) is 25.4 Å². The van der Waals surface area contributed by atoms with Gasteiger partial charge in [0.1, 0.15) is 18.4 Å². The van der Waals surface area contributed by atoms with E-state index in [1.807, 2.05) is 0 Å². The first kappa shape index (κ1) is 13.3. The van der Waals surface area contributed by atoms with Gasteiger partial charge in [-0.3, -0.25) is 14.5 Å². The zero-order valence-electron chi connectivity index (χ0n) is 10.8. The lowest BCUT2D eigenvalue weighted by Gasteiger charge is -2.23. The van der Waals surface area contributed by atoms with Crippen LogP contribution in [0.25, 0.3) is 0 Å². The number of methoxy groups -OCH3 is 1. The number of ether oxygens (including phenoxy) is 1. The van der Waals surface area contributed by atoms with Gasteiger partial charge >= 0.3 is 5.97 Å². The Bertz CT molecular complexity index is 492. The van der Waals surface area contributed by atoms with Crippen molar-refractivity contribution in [3.63, 3.8) is 0 Å². The second-order valence-corrected chi connectivity index (χ2v) is 4.09. The van der Waals surface area contributed by atoms with Crippen LogP contribution in [0.2, 0.25) is 0 Å². The Morgan fingerprint density at radius 1 is 1.68 bits per heavy atom. The summed E-state index contributed by atoms with van der Waals surface area (Å²) in [5.41, 5.74) is 0.579. The number of carbonyl (C=O) groups is 2. The second-order valence-electron chi connectivity index (χ2n) is 4.09. The molecule has 0 bridgehead atoms. The fraction of sp³-hybridized carbons (Fsp3) is 0.417. The normalized spacial score (nSPS) is 18.3. The molecule has 0 unspecified atom stereocenters. The molecule has 1 aliphatic rings. The lowest BCUT2D eigenvalue weighted by Crippen LogP contribution is -2.48. The molecule has 2 heterocycles. The number of amides is 1. The van der Waals surface area contributed by atoms with Gasteiger partial charge in [-0.25, -0.2) is 4.98 Å². The molecule has 0 fully saturated rings. The summed E-state index contributed by atoms with van der Waals surface area (Å²) in [4.78, 5) is 29.4. The predicted octanol–water partition coefficient (Wildman–Crippen LogP) is -0.399. The molecule has 1 aromatic rings. The van der Waals surface area contributed by atoms with Gasteiger partial charge in [-0.2, -0.15) is 0 Å². The van der Waals surface area contributed by atoms with Gasteiger partial charge in [-0.1, -0.05) is 0 Å². The molecule has 2 rings (SSSR count). The van der Waals surface area contributed by atoms with Gasteiger partial charge < -0.3 is 15.4 Å². The van der Waals surface area contributed by atoms with Crippen LogP contribution in [0.4, 0.5) is 11.5 Å². The van der Waals surface area contributed by atoms with Crippen LogP contribution in [0.1, 0.15) is 0 Å². The molecule has 1 aliphatic heterocycles. The molecule has 7 nitrogen and oxygen atoms in total. The third kappa shape index (κ3) is 2.65. The van der Waals surface area contributed by atoms with Crippen molar-refractivity contribution < 1.29 is 14.3 Å². The number of fused-ring (bicyclic) bond motifs is 1. The van der Waals surface area contributed by atoms with Crippen molar-refractivity contribution in [2.45, 2.75) is 6.04 Å². The van der Waals surface area contributed by atoms with Crippen molar-refractivity contribution in [2.24, 2.45) is 0 Å². The van der Waals surface area contributed by atoms with Crippen molar-refractivity contribution >= 4 is 23.4 Å². The molecule has 7 heteroatoms. The van der Waals surface area contributed by atoms with Crippen LogP contribution < -0.4 is 15.5 Å². The summed E-state index contributed by atoms with van der Waals surface area (Å²) in [5, 5.41) is 6.01. The van der Waals surface area contributed by atoms with E-state index in [4.69, 9.17) is 0 Å². The predicted molar refractivity (Wildman–Crippen MR) is 69.9 cm³/mol. The Morgan fingerprint density at radius 3 is 3.16 bits per heavy atom. The number of anilines is 2. The molecule has 0 spiro atoms. The zero-order chi connectivity index (χ0) is 13.8. The number of hydrogen-bond acceptors (Lipinski definition) is 6. The van der Waals surface area contributed by atoms with Gasteiger partial charge in [0.15, 0.2) is 0 Å². The number of nitrogens with zero attached hydrogens (tertiary/aromatic N) is 2. The van der Waals surface area contributed by atoms with Crippen molar-refractivity contribution in [1.82, 2.24) is 10.3 Å². The fourth-order valence-electron chi connectivity index (χ4n) is 1.93. The lowest BCUT2D eigenvalue weighted by molar-refractivity contribution is -0.140. The minimum atomic E-state index is -0.472. The quantitative estimate of drug-likeness (QED) is 0.723. The highest BCUT2D eigenvalue weighted by molar-refractivity contribution is 6.04. The summed E-state index contributed by atoms with van der Waals surface area (Å²) in [7, 11) is 2.99. The van der Waals surface area contributed by atoms with Crippen LogP contribution in [0, 0.1) is 0 Å². The summed E-state index contributed by atoms with van der Waals surface area (Å²) in [5.74, 6) is -0.0791. The number of hydrogen-bond donors (Lipinski definition) is 2. The third-order valence-corrected chi connectivity index (χ3v) is 2.98. The highest BCUT2D eigenvalue weighted by Gasteiger charge is 2.31. The number of pyridine rings is 1. The summed E-state index contributed by atoms with van der Waals surface area (Å²) < 4.78 is 4.63. The molecule has 1 aromatic heterocycles. The summed E-state index contributed by atoms with van der Waals surface area (Å²) >= 11 is 0. The minimum Gasteiger partial charge on any atom is -0.468 e. The van der Waals surface area contributed by atoms with E-state index in [0.717, 1.165) is 0 Å². The van der Waals surface area contributed by atoms with Gasteiger partial charge in [0.25, 0.3) is 0 Å². The monoisotopic (exact) mass is 264 g/mol. The molecule has 2 N–H and O–H groups in total. The average molecular weight is 264 g/mol. The van der Waals surface area contributed by atoms with Gasteiger partial charge in [0, 0.05) is 12.7 Å². The maximum atomic E-state index is 12.4. The van der Waals surface area contributed by atoms with E-state index in [0.29, 0.717) is 18.1 Å². The average Bonchev–Trinajstić information content (AvgIpc) is 2.57. The van der Waals surface area contributed by atoms with E-state index in [1.165, 1.54) is 12.0 Å². The number of nitrogens with one attached hydrogen (secondary N) is 2. The third-order valence-electron chi connectivity index (χ3n) is 2.98. The van der Waals surface area contributed by atoms with Crippen LogP contribution in [0.5, 0.6) is 0 Å². The summed E-state index contributed by atoms with van der Waals surface area (Å²) in [6, 6.07) is 3.05. The molecule has 1 amide bonds. The van der Waals surface area contributed by atoms with Crippen molar-refractivity contribution in [2.75, 3.05) is 37.5 Å². The molecule has 1 atom stereocenters. The van der Waals surface area contributed by atoms with E-state index in [9.17, 15) is 9.59 Å². The van der Waals surface area contributed by atoms with E-state index < -0.39 is 12.0 Å². The van der Waals surface area contributed by atoms with Crippen LogP contribution >= 0.6 is 0 Å². The summed E-state index contributed by atoms with van der Waals surface area (Å²) in [6.07, 6.45) is 1.63. The Hall–Kier alpha value is -2.15. The van der Waals surface area contributed by atoms with Crippen LogP contribution in [0.15, 0.2) is 18.3 Å². The molecule has 0 aliphatic carbocycles. The molecule has 102 valence electrons. The van der Waals surface area contributed by atoms with Gasteiger partial charge in [-0.15, -0.1) is 0 Å². The number of likely N-dealkylation sites (N-methyl/N-ethyl adjacent to an activating group) is 1. The Kier molecular flexibility index (Phi) is 3.96. The van der Waals surface area contributed by atoms with Gasteiger partial charge in [0.2, 0.25) is 5.91 Å². The van der Waals surface area contributed by atoms with E-state index >= 15 is 0 Å². The van der Waals surface area contributed by atoms with Crippen molar-refractivity contribution in [1.29, 1.82) is 0 Å². The Morgan fingerprint density at radius 2 is 2.47 bits per heavy atom.